The van der Waals surface area contributed by atoms with Gasteiger partial charge in [-0.05, 0) is 37.6 Å². The number of likely N-dealkylation sites (N-methyl/N-ethyl adjacent to an activating group) is 1. The topological polar surface area (TPSA) is 61.4 Å². The first-order chi connectivity index (χ1) is 10.0. The maximum absolute atomic E-state index is 11.8. The molecule has 0 unspecified atom stereocenters. The minimum Gasteiger partial charge on any atom is -0.352 e. The number of hydrogen-bond acceptors (Lipinski definition) is 3. The zero-order valence-electron chi connectivity index (χ0n) is 12.1. The summed E-state index contributed by atoms with van der Waals surface area (Å²) < 4.78 is 0. The Balaban J connectivity index is 1.67. The summed E-state index contributed by atoms with van der Waals surface area (Å²) in [5, 5.41) is 6.36. The molecule has 2 rings (SSSR count). The molecule has 1 aromatic carbocycles. The molecule has 114 valence electrons. The molecule has 0 atom stereocenters. The van der Waals surface area contributed by atoms with Crippen LogP contribution in [0.15, 0.2) is 24.3 Å². The van der Waals surface area contributed by atoms with Crippen molar-refractivity contribution in [2.75, 3.05) is 20.1 Å². The highest BCUT2D eigenvalue weighted by molar-refractivity contribution is 6.30. The van der Waals surface area contributed by atoms with Crippen LogP contribution in [0.25, 0.3) is 0 Å². The van der Waals surface area contributed by atoms with E-state index < -0.39 is 0 Å². The van der Waals surface area contributed by atoms with Gasteiger partial charge in [0.1, 0.15) is 0 Å². The average molecular weight is 310 g/mol. The predicted octanol–water partition coefficient (Wildman–Crippen LogP) is 1.17. The number of carbonyl (C=O) groups excluding carboxylic acids is 2. The van der Waals surface area contributed by atoms with Gasteiger partial charge in [-0.3, -0.25) is 14.5 Å². The summed E-state index contributed by atoms with van der Waals surface area (Å²) in [6.45, 7) is 0.862. The lowest BCUT2D eigenvalue weighted by Crippen LogP contribution is -2.41. The first kappa shape index (κ1) is 15.8. The quantitative estimate of drug-likeness (QED) is 0.795. The van der Waals surface area contributed by atoms with Crippen LogP contribution in [0.4, 0.5) is 0 Å². The van der Waals surface area contributed by atoms with Gasteiger partial charge in [-0.1, -0.05) is 23.7 Å². The van der Waals surface area contributed by atoms with Gasteiger partial charge in [-0.15, -0.1) is 0 Å². The van der Waals surface area contributed by atoms with Crippen LogP contribution in [0.2, 0.25) is 5.02 Å². The van der Waals surface area contributed by atoms with Crippen LogP contribution in [-0.2, 0) is 16.1 Å². The molecule has 6 heteroatoms. The smallest absolute Gasteiger partial charge is 0.234 e. The number of rotatable bonds is 7. The van der Waals surface area contributed by atoms with Crippen molar-refractivity contribution in [1.82, 2.24) is 15.5 Å². The summed E-state index contributed by atoms with van der Waals surface area (Å²) in [7, 11) is 1.76. The lowest BCUT2D eigenvalue weighted by atomic mass is 10.2. The van der Waals surface area contributed by atoms with Crippen molar-refractivity contribution in [3.05, 3.63) is 34.9 Å². The van der Waals surface area contributed by atoms with Gasteiger partial charge >= 0.3 is 0 Å². The van der Waals surface area contributed by atoms with Crippen LogP contribution in [0.3, 0.4) is 0 Å². The highest BCUT2D eigenvalue weighted by atomic mass is 35.5. The van der Waals surface area contributed by atoms with Crippen LogP contribution in [-0.4, -0.2) is 42.9 Å². The second kappa shape index (κ2) is 7.43. The first-order valence-corrected chi connectivity index (χ1v) is 7.40. The van der Waals surface area contributed by atoms with E-state index in [-0.39, 0.29) is 24.9 Å². The van der Waals surface area contributed by atoms with Gasteiger partial charge in [0.2, 0.25) is 11.8 Å². The normalized spacial score (nSPS) is 14.0. The van der Waals surface area contributed by atoms with Gasteiger partial charge < -0.3 is 10.6 Å². The molecule has 0 aromatic heterocycles. The largest absolute Gasteiger partial charge is 0.352 e. The van der Waals surface area contributed by atoms with Crippen LogP contribution < -0.4 is 10.6 Å². The number of carbonyl (C=O) groups is 2. The van der Waals surface area contributed by atoms with E-state index in [0.717, 1.165) is 18.4 Å². The maximum Gasteiger partial charge on any atom is 0.234 e. The fourth-order valence-electron chi connectivity index (χ4n) is 1.95. The van der Waals surface area contributed by atoms with E-state index in [0.29, 0.717) is 17.6 Å². The number of nitrogens with one attached hydrogen (secondary N) is 2. The standard InChI is InChI=1S/C15H20ClN3O2/c1-19(10-15(21)18-13-5-6-13)9-14(20)17-8-11-3-2-4-12(16)7-11/h2-4,7,13H,5-6,8-10H2,1H3,(H,17,20)(H,18,21). The van der Waals surface area contributed by atoms with Gasteiger partial charge in [-0.25, -0.2) is 0 Å². The third-order valence-electron chi connectivity index (χ3n) is 3.15. The predicted molar refractivity (Wildman–Crippen MR) is 82.0 cm³/mol. The number of amides is 2. The van der Waals surface area contributed by atoms with E-state index in [1.54, 1.807) is 18.0 Å². The Morgan fingerprint density at radius 1 is 1.29 bits per heavy atom. The van der Waals surface area contributed by atoms with E-state index in [9.17, 15) is 9.59 Å². The van der Waals surface area contributed by atoms with Crippen LogP contribution in [0.5, 0.6) is 0 Å². The summed E-state index contributed by atoms with van der Waals surface area (Å²) in [6.07, 6.45) is 2.13. The highest BCUT2D eigenvalue weighted by Gasteiger charge is 2.23. The third kappa shape index (κ3) is 6.14. The molecule has 0 saturated heterocycles. The summed E-state index contributed by atoms with van der Waals surface area (Å²) in [6, 6.07) is 7.70. The number of hydrogen-bond donors (Lipinski definition) is 2. The fraction of sp³-hybridized carbons (Fsp3) is 0.467. The average Bonchev–Trinajstić information content (AvgIpc) is 3.20. The van der Waals surface area contributed by atoms with Crippen molar-refractivity contribution in [3.63, 3.8) is 0 Å². The zero-order valence-corrected chi connectivity index (χ0v) is 12.8. The van der Waals surface area contributed by atoms with E-state index in [1.807, 2.05) is 18.2 Å². The van der Waals surface area contributed by atoms with Gasteiger partial charge in [0.15, 0.2) is 0 Å². The van der Waals surface area contributed by atoms with Crippen molar-refractivity contribution in [3.8, 4) is 0 Å². The summed E-state index contributed by atoms with van der Waals surface area (Å²) in [4.78, 5) is 25.1. The molecule has 0 spiro atoms. The molecular weight excluding hydrogens is 290 g/mol. The van der Waals surface area contributed by atoms with Crippen molar-refractivity contribution in [2.45, 2.75) is 25.4 Å². The van der Waals surface area contributed by atoms with Gasteiger partial charge in [0.25, 0.3) is 0 Å². The molecule has 0 bridgehead atoms. The van der Waals surface area contributed by atoms with Crippen molar-refractivity contribution >= 4 is 23.4 Å². The van der Waals surface area contributed by atoms with Crippen molar-refractivity contribution in [1.29, 1.82) is 0 Å². The second-order valence-corrected chi connectivity index (χ2v) is 5.86. The molecule has 5 nitrogen and oxygen atoms in total. The van der Waals surface area contributed by atoms with E-state index in [2.05, 4.69) is 10.6 Å². The Morgan fingerprint density at radius 3 is 2.67 bits per heavy atom. The molecule has 1 aromatic rings. The molecule has 1 aliphatic carbocycles. The summed E-state index contributed by atoms with van der Waals surface area (Å²) in [5.74, 6) is -0.140. The summed E-state index contributed by atoms with van der Waals surface area (Å²) >= 11 is 5.88. The minimum atomic E-state index is -0.114. The SMILES string of the molecule is CN(CC(=O)NCc1cccc(Cl)c1)CC(=O)NC1CC1. The fourth-order valence-corrected chi connectivity index (χ4v) is 2.16. The molecule has 0 aliphatic heterocycles. The van der Waals surface area contributed by atoms with Crippen LogP contribution in [0.1, 0.15) is 18.4 Å². The zero-order chi connectivity index (χ0) is 15.2. The molecule has 2 amide bonds. The number of halogens is 1. The Bertz CT molecular complexity index is 517. The molecule has 0 radical (unpaired) electrons. The maximum atomic E-state index is 11.8. The van der Waals surface area contributed by atoms with E-state index in [1.165, 1.54) is 0 Å². The lowest BCUT2D eigenvalue weighted by Gasteiger charge is -2.16. The molecule has 21 heavy (non-hydrogen) atoms. The number of benzene rings is 1. The monoisotopic (exact) mass is 309 g/mol. The lowest BCUT2D eigenvalue weighted by molar-refractivity contribution is -0.124. The van der Waals surface area contributed by atoms with Crippen LogP contribution in [0, 0.1) is 0 Å². The van der Waals surface area contributed by atoms with E-state index in [4.69, 9.17) is 11.6 Å². The number of nitrogens with zero attached hydrogens (tertiary/aromatic N) is 1. The molecule has 1 aliphatic rings. The molecule has 1 saturated carbocycles. The molecule has 1 fully saturated rings. The third-order valence-corrected chi connectivity index (χ3v) is 3.38. The molecular formula is C15H20ClN3O2. The summed E-state index contributed by atoms with van der Waals surface area (Å²) in [5.41, 5.74) is 0.949. The van der Waals surface area contributed by atoms with Gasteiger partial charge in [-0.2, -0.15) is 0 Å². The van der Waals surface area contributed by atoms with Gasteiger partial charge in [0, 0.05) is 17.6 Å². The van der Waals surface area contributed by atoms with Crippen molar-refractivity contribution < 1.29 is 9.59 Å². The van der Waals surface area contributed by atoms with Gasteiger partial charge in [0.05, 0.1) is 13.1 Å². The van der Waals surface area contributed by atoms with Crippen molar-refractivity contribution in [2.24, 2.45) is 0 Å². The highest BCUT2D eigenvalue weighted by Crippen LogP contribution is 2.18. The second-order valence-electron chi connectivity index (χ2n) is 5.42. The van der Waals surface area contributed by atoms with Crippen LogP contribution >= 0.6 is 11.6 Å². The molecule has 0 heterocycles. The molecule has 2 N–H and O–H groups in total. The van der Waals surface area contributed by atoms with E-state index >= 15 is 0 Å². The Labute approximate surface area is 129 Å². The minimum absolute atomic E-state index is 0.0253. The Morgan fingerprint density at radius 2 is 2.00 bits per heavy atom. The first-order valence-electron chi connectivity index (χ1n) is 7.02. The Kier molecular flexibility index (Phi) is 5.59. The Hall–Kier alpha value is -1.59.